The summed E-state index contributed by atoms with van der Waals surface area (Å²) in [6, 6.07) is 112. The van der Waals surface area contributed by atoms with Crippen molar-refractivity contribution in [2.24, 2.45) is 5.92 Å². The molecule has 6 nitrogen and oxygen atoms in total. The first-order valence-electron chi connectivity index (χ1n) is 37.4. The van der Waals surface area contributed by atoms with Crippen molar-refractivity contribution in [3.8, 4) is 73.2 Å². The van der Waals surface area contributed by atoms with E-state index in [0.717, 1.165) is 73.6 Å². The Labute approximate surface area is 615 Å². The van der Waals surface area contributed by atoms with Gasteiger partial charge in [0.15, 0.2) is 5.82 Å². The van der Waals surface area contributed by atoms with E-state index in [1.807, 2.05) is 0 Å². The molecule has 0 fully saturated rings. The predicted octanol–water partition coefficient (Wildman–Crippen LogP) is 25.2. The zero-order chi connectivity index (χ0) is 70.3. The van der Waals surface area contributed by atoms with Crippen LogP contribution in [0.2, 0.25) is 0 Å². The number of rotatable bonds is 9. The first-order chi connectivity index (χ1) is 52.1. The third kappa shape index (κ3) is 8.97. The zero-order valence-corrected chi connectivity index (χ0v) is 59.4. The summed E-state index contributed by atoms with van der Waals surface area (Å²) in [5.74, 6) is 1.56. The summed E-state index contributed by atoms with van der Waals surface area (Å²) in [4.78, 5) is 10.9. The first kappa shape index (κ1) is 60.7. The van der Waals surface area contributed by atoms with Crippen LogP contribution in [0.15, 0.2) is 328 Å². The van der Waals surface area contributed by atoms with Gasteiger partial charge in [-0.2, -0.15) is 0 Å². The van der Waals surface area contributed by atoms with Crippen LogP contribution < -0.4 is 0 Å². The molecule has 3 atom stereocenters. The van der Waals surface area contributed by atoms with E-state index in [1.165, 1.54) is 121 Å². The maximum absolute atomic E-state index is 5.46. The fourth-order valence-electron chi connectivity index (χ4n) is 19.3. The molecule has 0 bridgehead atoms. The average molecular weight is 1360 g/mol. The van der Waals surface area contributed by atoms with Crippen molar-refractivity contribution in [3.63, 3.8) is 0 Å². The van der Waals surface area contributed by atoms with Gasteiger partial charge < -0.3 is 18.3 Å². The van der Waals surface area contributed by atoms with Gasteiger partial charge in [0.25, 0.3) is 0 Å². The molecule has 3 unspecified atom stereocenters. The maximum Gasteiger partial charge on any atom is 0.160 e. The van der Waals surface area contributed by atoms with Crippen molar-refractivity contribution in [1.29, 1.82) is 0 Å². The lowest BCUT2D eigenvalue weighted by Gasteiger charge is -2.31. The van der Waals surface area contributed by atoms with E-state index in [0.29, 0.717) is 17.7 Å². The van der Waals surface area contributed by atoms with Crippen LogP contribution in [0.4, 0.5) is 0 Å². The summed E-state index contributed by atoms with van der Waals surface area (Å²) in [6.45, 7) is 9.60. The van der Waals surface area contributed by atoms with Gasteiger partial charge in [-0.1, -0.05) is 270 Å². The lowest BCUT2D eigenvalue weighted by molar-refractivity contribution is 0.394. The van der Waals surface area contributed by atoms with Crippen LogP contribution in [0.3, 0.4) is 0 Å². The van der Waals surface area contributed by atoms with Gasteiger partial charge in [0, 0.05) is 106 Å². The normalized spacial score (nSPS) is 16.7. The molecule has 22 rings (SSSR count). The van der Waals surface area contributed by atoms with Crippen LogP contribution in [0.25, 0.3) is 161 Å². The van der Waals surface area contributed by atoms with Crippen molar-refractivity contribution in [2.45, 2.75) is 56.8 Å². The number of fused-ring (bicyclic) bond motifs is 18. The highest BCUT2D eigenvalue weighted by atomic mass is 15.0. The standard InChI is InChI=1S/C100H72N6/c1-99(2)84-34-14-8-28-72(84)74-50-44-70(58-86(74)99)105-92-38-18-12-32-78(92)82-48-42-64(56-96(82)105)62-40-46-80-76-30-10-16-36-90(76)103(94(80)54-62)68-26-20-24-66(52-68)88-60-89(102-98(101-88)61-22-6-5-7-23-61)67-25-21-27-69(53-67)104-91-37-17-11-31-77(91)81-47-41-63(55-95(81)104)65-43-49-83-79-33-13-19-39-93(79)106(97(83)57-65)71-45-51-75-73-29-9-15-35-85(73)100(3,4)87(75)59-71/h5-56,58-60,65,75,87H,57H2,1-4H3. The van der Waals surface area contributed by atoms with Crippen molar-refractivity contribution >= 4 is 88.1 Å². The summed E-state index contributed by atoms with van der Waals surface area (Å²) in [7, 11) is 0. The lowest BCUT2D eigenvalue weighted by atomic mass is 9.74. The molecule has 5 heterocycles. The highest BCUT2D eigenvalue weighted by Gasteiger charge is 2.45. The zero-order valence-electron chi connectivity index (χ0n) is 59.4. The van der Waals surface area contributed by atoms with Gasteiger partial charge in [-0.05, 0) is 159 Å². The van der Waals surface area contributed by atoms with Crippen molar-refractivity contribution < 1.29 is 0 Å². The van der Waals surface area contributed by atoms with Crippen LogP contribution in [0.5, 0.6) is 0 Å². The maximum atomic E-state index is 5.46. The lowest BCUT2D eigenvalue weighted by Crippen LogP contribution is -2.26. The molecule has 0 aliphatic heterocycles. The quantitative estimate of drug-likeness (QED) is 0.145. The molecule has 0 amide bonds. The minimum absolute atomic E-state index is 0.0124. The van der Waals surface area contributed by atoms with E-state index in [1.54, 1.807) is 0 Å². The van der Waals surface area contributed by atoms with E-state index in [4.69, 9.17) is 9.97 Å². The van der Waals surface area contributed by atoms with Gasteiger partial charge in [-0.3, -0.25) is 0 Å². The number of para-hydroxylation sites is 4. The number of aromatic nitrogens is 6. The second kappa shape index (κ2) is 22.8. The topological polar surface area (TPSA) is 45.5 Å². The Hall–Kier alpha value is -12.9. The molecule has 18 aromatic rings. The van der Waals surface area contributed by atoms with Crippen LogP contribution in [0.1, 0.15) is 78.6 Å². The molecule has 0 saturated heterocycles. The van der Waals surface area contributed by atoms with Crippen LogP contribution in [-0.4, -0.2) is 28.2 Å². The van der Waals surface area contributed by atoms with E-state index < -0.39 is 0 Å². The molecule has 0 radical (unpaired) electrons. The Bertz CT molecular complexity index is 6890. The Morgan fingerprint density at radius 1 is 0.340 bits per heavy atom. The summed E-state index contributed by atoms with van der Waals surface area (Å²) in [5.41, 5.74) is 32.0. The molecule has 0 saturated carbocycles. The monoisotopic (exact) mass is 1360 g/mol. The van der Waals surface area contributed by atoms with Crippen molar-refractivity contribution in [2.75, 3.05) is 0 Å². The highest BCUT2D eigenvalue weighted by molar-refractivity contribution is 6.13. The number of hydrogen-bond donors (Lipinski definition) is 0. The number of nitrogens with zero attached hydrogens (tertiary/aromatic N) is 6. The predicted molar refractivity (Wildman–Crippen MR) is 441 cm³/mol. The fourth-order valence-corrected chi connectivity index (χ4v) is 19.3. The Kier molecular flexibility index (Phi) is 13.0. The number of benzene rings is 13. The van der Waals surface area contributed by atoms with Crippen LogP contribution in [-0.2, 0) is 17.3 Å². The van der Waals surface area contributed by atoms with Crippen LogP contribution >= 0.6 is 0 Å². The molecule has 502 valence electrons. The van der Waals surface area contributed by atoms with E-state index in [2.05, 4.69) is 380 Å². The molecule has 5 aromatic heterocycles. The second-order valence-electron chi connectivity index (χ2n) is 30.8. The van der Waals surface area contributed by atoms with E-state index in [-0.39, 0.29) is 16.7 Å². The molecule has 13 aromatic carbocycles. The SMILES string of the molecule is CC1(C)c2ccccc2-c2ccc(-n3c4ccccc4c4ccc(-c5ccc6c7ccccc7n(-c7cccc(-c8cc(-c9cccc(-n%10c%11ccccc%11c%11ccc(C%12C=Cc%13c(n(C%14=CC%15C(C=C%14)c%14ccccc%14C%15(C)C)c%14ccccc%13%14)C%12)cc%11%10)c9)nc(-c9ccccc9)n8)c7)c6c5)cc43)cc21. The fraction of sp³-hybridized carbons (Fsp3) is 0.100. The highest BCUT2D eigenvalue weighted by Crippen LogP contribution is 2.55. The molecule has 4 aliphatic carbocycles. The molecule has 106 heavy (non-hydrogen) atoms. The molecule has 0 N–H and O–H groups in total. The summed E-state index contributed by atoms with van der Waals surface area (Å²) in [5, 5.41) is 8.63. The van der Waals surface area contributed by atoms with Gasteiger partial charge >= 0.3 is 0 Å². The van der Waals surface area contributed by atoms with Crippen molar-refractivity contribution in [1.82, 2.24) is 28.2 Å². The van der Waals surface area contributed by atoms with Gasteiger partial charge in [0.2, 0.25) is 0 Å². The third-order valence-corrected chi connectivity index (χ3v) is 24.4. The first-order valence-corrected chi connectivity index (χ1v) is 37.4. The average Bonchev–Trinajstić information content (AvgIpc) is 1.57. The Morgan fingerprint density at radius 2 is 0.840 bits per heavy atom. The molecule has 0 spiro atoms. The Morgan fingerprint density at radius 3 is 1.47 bits per heavy atom. The van der Waals surface area contributed by atoms with Crippen molar-refractivity contribution in [3.05, 3.63) is 367 Å². The molecule has 6 heteroatoms. The number of allylic oxidation sites excluding steroid dienone is 5. The van der Waals surface area contributed by atoms with Gasteiger partial charge in [-0.25, -0.2) is 9.97 Å². The molecular weight excluding hydrogens is 1290 g/mol. The number of hydrogen-bond acceptors (Lipinski definition) is 2. The third-order valence-electron chi connectivity index (χ3n) is 24.4. The summed E-state index contributed by atoms with van der Waals surface area (Å²) in [6.07, 6.45) is 13.2. The minimum Gasteiger partial charge on any atom is -0.313 e. The minimum atomic E-state index is -0.122. The van der Waals surface area contributed by atoms with Gasteiger partial charge in [-0.15, -0.1) is 0 Å². The van der Waals surface area contributed by atoms with Gasteiger partial charge in [0.05, 0.1) is 50.0 Å². The molecule has 4 aliphatic rings. The van der Waals surface area contributed by atoms with Crippen LogP contribution in [0, 0.1) is 5.92 Å². The van der Waals surface area contributed by atoms with Gasteiger partial charge in [0.1, 0.15) is 0 Å². The summed E-state index contributed by atoms with van der Waals surface area (Å²) < 4.78 is 9.98. The second-order valence-corrected chi connectivity index (χ2v) is 30.8. The smallest absolute Gasteiger partial charge is 0.160 e. The van der Waals surface area contributed by atoms with E-state index in [9.17, 15) is 0 Å². The Balaban J connectivity index is 0.630. The molecular formula is C100H72N6. The van der Waals surface area contributed by atoms with E-state index >= 15 is 0 Å². The largest absolute Gasteiger partial charge is 0.313 e. The summed E-state index contributed by atoms with van der Waals surface area (Å²) >= 11 is 0.